The van der Waals surface area contributed by atoms with Crippen LogP contribution in [0.1, 0.15) is 6.92 Å². The summed E-state index contributed by atoms with van der Waals surface area (Å²) in [5.41, 5.74) is 1.07. The molecule has 0 radical (unpaired) electrons. The highest BCUT2D eigenvalue weighted by Gasteiger charge is 2.28. The number of nitrogens with zero attached hydrogens (tertiary/aromatic N) is 4. The smallest absolute Gasteiger partial charge is 0.270 e. The van der Waals surface area contributed by atoms with Gasteiger partial charge in [-0.15, -0.1) is 0 Å². The molecular formula is C22H25N5O5S. The van der Waals surface area contributed by atoms with E-state index in [1.54, 1.807) is 35.0 Å². The molecule has 2 aromatic carbocycles. The fourth-order valence-electron chi connectivity index (χ4n) is 3.96. The van der Waals surface area contributed by atoms with Crippen molar-refractivity contribution in [2.45, 2.75) is 18.4 Å². The van der Waals surface area contributed by atoms with Gasteiger partial charge in [0.15, 0.2) is 0 Å². The quantitative estimate of drug-likeness (QED) is 0.418. The average molecular weight is 472 g/mol. The summed E-state index contributed by atoms with van der Waals surface area (Å²) in [6.07, 6.45) is 1.69. The molecule has 174 valence electrons. The van der Waals surface area contributed by atoms with Crippen LogP contribution < -0.4 is 5.32 Å². The van der Waals surface area contributed by atoms with Crippen LogP contribution in [-0.4, -0.2) is 65.7 Å². The number of nitro groups is 1. The molecule has 4 rings (SSSR count). The molecule has 1 fully saturated rings. The van der Waals surface area contributed by atoms with Crippen molar-refractivity contribution < 1.29 is 18.1 Å². The Morgan fingerprint density at radius 3 is 2.55 bits per heavy atom. The molecule has 1 N–H and O–H groups in total. The van der Waals surface area contributed by atoms with E-state index in [0.717, 1.165) is 6.54 Å². The standard InChI is InChI=1S/C22H25N5O5S/c1-2-24-10-12-26(13-11-24)33(31,32)20-5-3-4-18(15-20)23-22(28)16-25-9-8-17-14-19(27(29)30)6-7-21(17)25/h3-9,14-15H,2,10-13,16H2,1H3,(H,23,28). The summed E-state index contributed by atoms with van der Waals surface area (Å²) in [5, 5.41) is 14.4. The predicted octanol–water partition coefficient (Wildman–Crippen LogP) is 2.51. The number of hydrogen-bond donors (Lipinski definition) is 1. The van der Waals surface area contributed by atoms with Gasteiger partial charge in [-0.25, -0.2) is 8.42 Å². The van der Waals surface area contributed by atoms with Crippen LogP contribution in [0.3, 0.4) is 0 Å². The lowest BCUT2D eigenvalue weighted by Gasteiger charge is -2.33. The van der Waals surface area contributed by atoms with Crippen LogP contribution in [0.5, 0.6) is 0 Å². The van der Waals surface area contributed by atoms with Crippen LogP contribution in [-0.2, 0) is 21.4 Å². The first-order valence-electron chi connectivity index (χ1n) is 10.6. The summed E-state index contributed by atoms with van der Waals surface area (Å²) in [6, 6.07) is 12.4. The number of sulfonamides is 1. The van der Waals surface area contributed by atoms with Crippen LogP contribution in [0.2, 0.25) is 0 Å². The molecule has 1 aromatic heterocycles. The normalized spacial score (nSPS) is 15.5. The Kier molecular flexibility index (Phi) is 6.45. The van der Waals surface area contributed by atoms with Crippen LogP contribution >= 0.6 is 0 Å². The molecule has 0 atom stereocenters. The van der Waals surface area contributed by atoms with Crippen molar-refractivity contribution in [3.8, 4) is 0 Å². The van der Waals surface area contributed by atoms with Crippen LogP contribution in [0, 0.1) is 10.1 Å². The first-order valence-corrected chi connectivity index (χ1v) is 12.1. The lowest BCUT2D eigenvalue weighted by molar-refractivity contribution is -0.384. The zero-order valence-corrected chi connectivity index (χ0v) is 19.0. The van der Waals surface area contributed by atoms with Crippen molar-refractivity contribution in [3.63, 3.8) is 0 Å². The van der Waals surface area contributed by atoms with Crippen molar-refractivity contribution in [2.24, 2.45) is 0 Å². The lowest BCUT2D eigenvalue weighted by Crippen LogP contribution is -2.48. The number of fused-ring (bicyclic) bond motifs is 1. The SMILES string of the molecule is CCN1CCN(S(=O)(=O)c2cccc(NC(=O)Cn3ccc4cc([N+](=O)[O-])ccc43)c2)CC1. The molecule has 1 saturated heterocycles. The largest absolute Gasteiger partial charge is 0.338 e. The van der Waals surface area contributed by atoms with Gasteiger partial charge in [0.25, 0.3) is 5.69 Å². The molecule has 3 aromatic rings. The third kappa shape index (κ3) is 4.90. The first-order chi connectivity index (χ1) is 15.8. The fourth-order valence-corrected chi connectivity index (χ4v) is 5.43. The maximum atomic E-state index is 13.0. The van der Waals surface area contributed by atoms with Crippen molar-refractivity contribution in [1.82, 2.24) is 13.8 Å². The summed E-state index contributed by atoms with van der Waals surface area (Å²) < 4.78 is 29.2. The predicted molar refractivity (Wildman–Crippen MR) is 125 cm³/mol. The summed E-state index contributed by atoms with van der Waals surface area (Å²) in [6.45, 7) is 5.19. The lowest BCUT2D eigenvalue weighted by atomic mass is 10.2. The van der Waals surface area contributed by atoms with Crippen LogP contribution in [0.15, 0.2) is 59.6 Å². The highest BCUT2D eigenvalue weighted by molar-refractivity contribution is 7.89. The third-order valence-corrected chi connectivity index (χ3v) is 7.71. The van der Waals surface area contributed by atoms with Gasteiger partial charge in [0.05, 0.1) is 9.82 Å². The molecule has 11 heteroatoms. The van der Waals surface area contributed by atoms with Gasteiger partial charge in [-0.1, -0.05) is 13.0 Å². The number of piperazine rings is 1. The molecule has 0 aliphatic carbocycles. The van der Waals surface area contributed by atoms with E-state index >= 15 is 0 Å². The van der Waals surface area contributed by atoms with Crippen molar-refractivity contribution in [2.75, 3.05) is 38.0 Å². The van der Waals surface area contributed by atoms with E-state index in [9.17, 15) is 23.3 Å². The average Bonchev–Trinajstić information content (AvgIpc) is 3.21. The molecule has 0 unspecified atom stereocenters. The second kappa shape index (κ2) is 9.30. The zero-order valence-electron chi connectivity index (χ0n) is 18.2. The molecule has 1 aliphatic heterocycles. The second-order valence-electron chi connectivity index (χ2n) is 7.86. The Bertz CT molecular complexity index is 1300. The zero-order chi connectivity index (χ0) is 23.6. The molecule has 1 amide bonds. The van der Waals surface area contributed by atoms with E-state index in [4.69, 9.17) is 0 Å². The highest BCUT2D eigenvalue weighted by atomic mass is 32.2. The molecule has 0 spiro atoms. The number of likely N-dealkylation sites (N-methyl/N-ethyl adjacent to an activating group) is 1. The van der Waals surface area contributed by atoms with E-state index in [1.165, 1.54) is 28.6 Å². The Hall–Kier alpha value is -3.28. The van der Waals surface area contributed by atoms with Gasteiger partial charge in [0.2, 0.25) is 15.9 Å². The van der Waals surface area contributed by atoms with Gasteiger partial charge in [0, 0.05) is 61.1 Å². The van der Waals surface area contributed by atoms with E-state index in [0.29, 0.717) is 42.8 Å². The third-order valence-electron chi connectivity index (χ3n) is 5.81. The van der Waals surface area contributed by atoms with E-state index in [1.807, 2.05) is 0 Å². The Labute approximate surface area is 191 Å². The van der Waals surface area contributed by atoms with Crippen molar-refractivity contribution in [1.29, 1.82) is 0 Å². The van der Waals surface area contributed by atoms with Gasteiger partial charge < -0.3 is 14.8 Å². The molecule has 0 saturated carbocycles. The number of nitrogens with one attached hydrogen (secondary N) is 1. The topological polar surface area (TPSA) is 118 Å². The van der Waals surface area contributed by atoms with Gasteiger partial charge in [0.1, 0.15) is 6.54 Å². The van der Waals surface area contributed by atoms with Gasteiger partial charge in [-0.2, -0.15) is 4.31 Å². The summed E-state index contributed by atoms with van der Waals surface area (Å²) in [7, 11) is -3.65. The molecule has 1 aliphatic rings. The Balaban J connectivity index is 1.46. The minimum Gasteiger partial charge on any atom is -0.338 e. The van der Waals surface area contributed by atoms with Gasteiger partial charge in [-0.3, -0.25) is 14.9 Å². The van der Waals surface area contributed by atoms with Crippen LogP contribution in [0.25, 0.3) is 10.9 Å². The Morgan fingerprint density at radius 1 is 1.09 bits per heavy atom. The number of benzene rings is 2. The number of aromatic nitrogens is 1. The molecule has 33 heavy (non-hydrogen) atoms. The molecule has 0 bridgehead atoms. The monoisotopic (exact) mass is 471 g/mol. The van der Waals surface area contributed by atoms with Crippen molar-refractivity contribution >= 4 is 38.2 Å². The number of non-ortho nitro benzene ring substituents is 1. The molecular weight excluding hydrogens is 446 g/mol. The van der Waals surface area contributed by atoms with Crippen LogP contribution in [0.4, 0.5) is 11.4 Å². The fraction of sp³-hybridized carbons (Fsp3) is 0.318. The number of hydrogen-bond acceptors (Lipinski definition) is 6. The minimum absolute atomic E-state index is 0.0150. The minimum atomic E-state index is -3.65. The second-order valence-corrected chi connectivity index (χ2v) is 9.80. The van der Waals surface area contributed by atoms with Gasteiger partial charge in [-0.05, 0) is 36.9 Å². The maximum Gasteiger partial charge on any atom is 0.270 e. The number of anilines is 1. The van der Waals surface area contributed by atoms with E-state index < -0.39 is 14.9 Å². The number of nitro benzene ring substituents is 1. The molecule has 10 nitrogen and oxygen atoms in total. The van der Waals surface area contributed by atoms with E-state index in [-0.39, 0.29) is 23.0 Å². The number of amides is 1. The summed E-state index contributed by atoms with van der Waals surface area (Å²) in [5.74, 6) is -0.336. The number of carbonyl (C=O) groups is 1. The number of carbonyl (C=O) groups excluding carboxylic acids is 1. The summed E-state index contributed by atoms with van der Waals surface area (Å²) >= 11 is 0. The number of rotatable bonds is 7. The maximum absolute atomic E-state index is 13.0. The van der Waals surface area contributed by atoms with Crippen molar-refractivity contribution in [3.05, 3.63) is 64.8 Å². The van der Waals surface area contributed by atoms with E-state index in [2.05, 4.69) is 17.1 Å². The highest BCUT2D eigenvalue weighted by Crippen LogP contribution is 2.23. The van der Waals surface area contributed by atoms with Gasteiger partial charge >= 0.3 is 0 Å². The Morgan fingerprint density at radius 2 is 1.85 bits per heavy atom. The molecule has 2 heterocycles. The first kappa shape index (κ1) is 22.9. The summed E-state index contributed by atoms with van der Waals surface area (Å²) in [4.78, 5) is 25.5.